The number of benzene rings is 1. The monoisotopic (exact) mass is 438 g/mol. The number of ether oxygens (including phenoxy) is 2. The fourth-order valence-corrected chi connectivity index (χ4v) is 4.25. The molecule has 1 amide bonds. The summed E-state index contributed by atoms with van der Waals surface area (Å²) in [6, 6.07) is 13.4. The largest absolute Gasteiger partial charge is 0.490 e. The van der Waals surface area contributed by atoms with Crippen LogP contribution in [0, 0.1) is 0 Å². The SMILES string of the molecule is CCOc1ccc(C(=O)N2CCN(c3ccc(-c4cccs4)nn3)CC2)cc1OCC. The van der Waals surface area contributed by atoms with E-state index >= 15 is 0 Å². The summed E-state index contributed by atoms with van der Waals surface area (Å²) in [6.45, 7) is 7.60. The summed E-state index contributed by atoms with van der Waals surface area (Å²) in [5, 5.41) is 10.8. The van der Waals surface area contributed by atoms with Crippen molar-refractivity contribution in [3.63, 3.8) is 0 Å². The molecule has 1 aliphatic heterocycles. The van der Waals surface area contributed by atoms with Gasteiger partial charge in [0.05, 0.1) is 18.1 Å². The third-order valence-electron chi connectivity index (χ3n) is 5.11. The van der Waals surface area contributed by atoms with Crippen molar-refractivity contribution in [3.05, 3.63) is 53.4 Å². The highest BCUT2D eigenvalue weighted by molar-refractivity contribution is 7.13. The van der Waals surface area contributed by atoms with Gasteiger partial charge in [-0.2, -0.15) is 0 Å². The van der Waals surface area contributed by atoms with Crippen LogP contribution in [0.5, 0.6) is 11.5 Å². The number of rotatable bonds is 7. The number of hydrogen-bond acceptors (Lipinski definition) is 7. The first-order chi connectivity index (χ1) is 15.2. The van der Waals surface area contributed by atoms with Gasteiger partial charge in [-0.1, -0.05) is 6.07 Å². The minimum atomic E-state index is 0.00257. The Morgan fingerprint density at radius 2 is 1.74 bits per heavy atom. The number of aromatic nitrogens is 2. The summed E-state index contributed by atoms with van der Waals surface area (Å²) in [5.41, 5.74) is 1.49. The van der Waals surface area contributed by atoms with Crippen molar-refractivity contribution in [2.24, 2.45) is 0 Å². The highest BCUT2D eigenvalue weighted by Gasteiger charge is 2.24. The predicted octanol–water partition coefficient (Wildman–Crippen LogP) is 3.96. The minimum absolute atomic E-state index is 0.00257. The molecule has 2 aromatic heterocycles. The second-order valence-corrected chi connectivity index (χ2v) is 8.01. The molecule has 3 heterocycles. The van der Waals surface area contributed by atoms with Gasteiger partial charge in [-0.15, -0.1) is 21.5 Å². The number of carbonyl (C=O) groups excluding carboxylic acids is 1. The maximum Gasteiger partial charge on any atom is 0.254 e. The molecule has 0 unspecified atom stereocenters. The van der Waals surface area contributed by atoms with E-state index in [1.54, 1.807) is 23.5 Å². The van der Waals surface area contributed by atoms with Crippen molar-refractivity contribution in [3.8, 4) is 22.1 Å². The topological polar surface area (TPSA) is 67.8 Å². The molecule has 1 aliphatic rings. The smallest absolute Gasteiger partial charge is 0.254 e. The van der Waals surface area contributed by atoms with Crippen LogP contribution in [0.3, 0.4) is 0 Å². The Kier molecular flexibility index (Phi) is 6.66. The lowest BCUT2D eigenvalue weighted by atomic mass is 10.1. The Morgan fingerprint density at radius 1 is 0.968 bits per heavy atom. The average molecular weight is 439 g/mol. The molecule has 0 radical (unpaired) electrons. The number of thiophene rings is 1. The van der Waals surface area contributed by atoms with Gasteiger partial charge in [-0.25, -0.2) is 0 Å². The van der Waals surface area contributed by atoms with Crippen LogP contribution >= 0.6 is 11.3 Å². The zero-order valence-electron chi connectivity index (χ0n) is 17.8. The van der Waals surface area contributed by atoms with Crippen molar-refractivity contribution in [1.29, 1.82) is 0 Å². The number of piperazine rings is 1. The standard InChI is InChI=1S/C23H26N4O3S/c1-3-29-19-9-7-17(16-20(19)30-4-2)23(28)27-13-11-26(12-14-27)22-10-8-18(24-25-22)21-6-5-15-31-21/h5-10,15-16H,3-4,11-14H2,1-2H3. The third-order valence-corrected chi connectivity index (χ3v) is 6.00. The summed E-state index contributed by atoms with van der Waals surface area (Å²) < 4.78 is 11.3. The first-order valence-corrected chi connectivity index (χ1v) is 11.4. The number of hydrogen-bond donors (Lipinski definition) is 0. The van der Waals surface area contributed by atoms with Gasteiger partial charge in [0, 0.05) is 31.7 Å². The van der Waals surface area contributed by atoms with E-state index in [9.17, 15) is 4.79 Å². The Morgan fingerprint density at radius 3 is 2.39 bits per heavy atom. The van der Waals surface area contributed by atoms with Crippen molar-refractivity contribution in [1.82, 2.24) is 15.1 Å². The molecule has 0 aliphatic carbocycles. The Labute approximate surface area is 186 Å². The van der Waals surface area contributed by atoms with Crippen LogP contribution in [-0.2, 0) is 0 Å². The molecule has 31 heavy (non-hydrogen) atoms. The molecule has 1 saturated heterocycles. The summed E-state index contributed by atoms with van der Waals surface area (Å²) in [7, 11) is 0. The van der Waals surface area contributed by atoms with Crippen LogP contribution < -0.4 is 14.4 Å². The predicted molar refractivity (Wildman–Crippen MR) is 122 cm³/mol. The van der Waals surface area contributed by atoms with E-state index < -0.39 is 0 Å². The Balaban J connectivity index is 1.39. The zero-order valence-corrected chi connectivity index (χ0v) is 18.6. The zero-order chi connectivity index (χ0) is 21.6. The number of anilines is 1. The Hall–Kier alpha value is -3.13. The minimum Gasteiger partial charge on any atom is -0.490 e. The first kappa shape index (κ1) is 21.1. The van der Waals surface area contributed by atoms with E-state index in [1.165, 1.54) is 0 Å². The molecule has 0 saturated carbocycles. The van der Waals surface area contributed by atoms with Gasteiger partial charge in [0.1, 0.15) is 5.69 Å². The summed E-state index contributed by atoms with van der Waals surface area (Å²) in [5.74, 6) is 2.11. The number of nitrogens with zero attached hydrogens (tertiary/aromatic N) is 4. The van der Waals surface area contributed by atoms with Crippen LogP contribution in [0.4, 0.5) is 5.82 Å². The third kappa shape index (κ3) is 4.80. The lowest BCUT2D eigenvalue weighted by Crippen LogP contribution is -2.49. The van der Waals surface area contributed by atoms with Crippen molar-refractivity contribution >= 4 is 23.1 Å². The fraction of sp³-hybridized carbons (Fsp3) is 0.348. The van der Waals surface area contributed by atoms with Gasteiger partial charge in [0.25, 0.3) is 5.91 Å². The fourth-order valence-electron chi connectivity index (χ4n) is 3.55. The van der Waals surface area contributed by atoms with Crippen LogP contribution in [0.25, 0.3) is 10.6 Å². The molecule has 0 bridgehead atoms. The second kappa shape index (κ2) is 9.78. The molecule has 4 rings (SSSR count). The number of carbonyl (C=O) groups is 1. The molecule has 7 nitrogen and oxygen atoms in total. The van der Waals surface area contributed by atoms with Gasteiger partial charge in [0.15, 0.2) is 17.3 Å². The summed E-state index contributed by atoms with van der Waals surface area (Å²) >= 11 is 1.65. The van der Waals surface area contributed by atoms with E-state index in [4.69, 9.17) is 9.47 Å². The lowest BCUT2D eigenvalue weighted by molar-refractivity contribution is 0.0746. The van der Waals surface area contributed by atoms with Crippen molar-refractivity contribution in [2.45, 2.75) is 13.8 Å². The maximum atomic E-state index is 13.0. The van der Waals surface area contributed by atoms with Crippen LogP contribution in [0.15, 0.2) is 47.8 Å². The van der Waals surface area contributed by atoms with Gasteiger partial charge in [0.2, 0.25) is 0 Å². The molecular formula is C23H26N4O3S. The average Bonchev–Trinajstić information content (AvgIpc) is 3.35. The molecule has 3 aromatic rings. The van der Waals surface area contributed by atoms with E-state index in [0.29, 0.717) is 56.5 Å². The highest BCUT2D eigenvalue weighted by atomic mass is 32.1. The van der Waals surface area contributed by atoms with E-state index in [2.05, 4.69) is 15.1 Å². The quantitative estimate of drug-likeness (QED) is 0.556. The van der Waals surface area contributed by atoms with Crippen molar-refractivity contribution < 1.29 is 14.3 Å². The molecule has 0 N–H and O–H groups in total. The molecule has 8 heteroatoms. The first-order valence-electron chi connectivity index (χ1n) is 10.5. The maximum absolute atomic E-state index is 13.0. The van der Waals surface area contributed by atoms with Gasteiger partial charge in [-0.3, -0.25) is 4.79 Å². The van der Waals surface area contributed by atoms with E-state index in [1.807, 2.05) is 54.5 Å². The van der Waals surface area contributed by atoms with Crippen LogP contribution in [-0.4, -0.2) is 60.4 Å². The van der Waals surface area contributed by atoms with Crippen LogP contribution in [0.1, 0.15) is 24.2 Å². The normalized spacial score (nSPS) is 13.9. The highest BCUT2D eigenvalue weighted by Crippen LogP contribution is 2.29. The van der Waals surface area contributed by atoms with Gasteiger partial charge < -0.3 is 19.3 Å². The molecule has 1 aromatic carbocycles. The number of amides is 1. The molecular weight excluding hydrogens is 412 g/mol. The van der Waals surface area contributed by atoms with E-state index in [-0.39, 0.29) is 5.91 Å². The summed E-state index contributed by atoms with van der Waals surface area (Å²) in [4.78, 5) is 18.2. The van der Waals surface area contributed by atoms with Crippen LogP contribution in [0.2, 0.25) is 0 Å². The van der Waals surface area contributed by atoms with E-state index in [0.717, 1.165) is 16.4 Å². The molecule has 1 fully saturated rings. The van der Waals surface area contributed by atoms with Gasteiger partial charge >= 0.3 is 0 Å². The lowest BCUT2D eigenvalue weighted by Gasteiger charge is -2.35. The molecule has 162 valence electrons. The Bertz CT molecular complexity index is 1000. The van der Waals surface area contributed by atoms with Gasteiger partial charge in [-0.05, 0) is 55.6 Å². The second-order valence-electron chi connectivity index (χ2n) is 7.06. The molecule has 0 spiro atoms. The summed E-state index contributed by atoms with van der Waals surface area (Å²) in [6.07, 6.45) is 0. The van der Waals surface area contributed by atoms with Crippen molar-refractivity contribution in [2.75, 3.05) is 44.3 Å². The molecule has 0 atom stereocenters.